The van der Waals surface area contributed by atoms with Gasteiger partial charge in [-0.3, -0.25) is 9.89 Å². The molecule has 2 rings (SSSR count). The molecule has 0 aromatic carbocycles. The van der Waals surface area contributed by atoms with E-state index in [1.807, 2.05) is 18.3 Å². The maximum absolute atomic E-state index is 5.34. The lowest BCUT2D eigenvalue weighted by atomic mass is 10.1. The number of hydrogen-bond acceptors (Lipinski definition) is 4. The van der Waals surface area contributed by atoms with Crippen molar-refractivity contribution in [1.82, 2.24) is 15.5 Å². The van der Waals surface area contributed by atoms with Crippen LogP contribution in [0, 0.1) is 0 Å². The average Bonchev–Trinajstić information content (AvgIpc) is 3.02. The smallest absolute Gasteiger partial charge is 0.191 e. The monoisotopic (exact) mass is 338 g/mol. The quantitative estimate of drug-likeness (QED) is 0.411. The van der Waals surface area contributed by atoms with Crippen LogP contribution in [0.4, 0.5) is 0 Å². The molecule has 0 radical (unpaired) electrons. The average molecular weight is 339 g/mol. The highest BCUT2D eigenvalue weighted by Gasteiger charge is 2.16. The SMILES string of the molecule is CCNC(=NCCCOCC)NCCN1CCc2sccc2C1. The Hall–Kier alpha value is -1.11. The molecule has 0 amide bonds. The number of fused-ring (bicyclic) bond motifs is 1. The Morgan fingerprint density at radius 2 is 2.30 bits per heavy atom. The Morgan fingerprint density at radius 3 is 3.13 bits per heavy atom. The molecule has 0 aliphatic carbocycles. The van der Waals surface area contributed by atoms with Gasteiger partial charge in [0.05, 0.1) is 0 Å². The number of hydrogen-bond donors (Lipinski definition) is 2. The third-order valence-electron chi connectivity index (χ3n) is 3.87. The molecule has 1 aliphatic heterocycles. The van der Waals surface area contributed by atoms with Gasteiger partial charge in [0, 0.05) is 57.4 Å². The molecule has 0 atom stereocenters. The van der Waals surface area contributed by atoms with Crippen molar-refractivity contribution >= 4 is 17.3 Å². The summed E-state index contributed by atoms with van der Waals surface area (Å²) in [5.74, 6) is 0.914. The summed E-state index contributed by atoms with van der Waals surface area (Å²) in [6.45, 7) is 11.6. The minimum Gasteiger partial charge on any atom is -0.382 e. The topological polar surface area (TPSA) is 48.9 Å². The molecule has 2 heterocycles. The van der Waals surface area contributed by atoms with Gasteiger partial charge in [0.1, 0.15) is 0 Å². The Labute approximate surface area is 144 Å². The molecular formula is C17H30N4OS. The van der Waals surface area contributed by atoms with E-state index in [9.17, 15) is 0 Å². The second-order valence-electron chi connectivity index (χ2n) is 5.63. The van der Waals surface area contributed by atoms with Crippen LogP contribution < -0.4 is 10.6 Å². The maximum atomic E-state index is 5.34. The van der Waals surface area contributed by atoms with E-state index in [1.165, 1.54) is 12.0 Å². The van der Waals surface area contributed by atoms with E-state index >= 15 is 0 Å². The lowest BCUT2D eigenvalue weighted by molar-refractivity contribution is 0.146. The van der Waals surface area contributed by atoms with Crippen molar-refractivity contribution in [3.8, 4) is 0 Å². The lowest BCUT2D eigenvalue weighted by Crippen LogP contribution is -2.42. The van der Waals surface area contributed by atoms with Gasteiger partial charge < -0.3 is 15.4 Å². The number of nitrogens with zero attached hydrogens (tertiary/aromatic N) is 2. The number of thiophene rings is 1. The van der Waals surface area contributed by atoms with Crippen LogP contribution >= 0.6 is 11.3 Å². The largest absolute Gasteiger partial charge is 0.382 e. The standard InChI is InChI=1S/C17H30N4OS/c1-3-18-17(19-8-5-12-22-4-2)20-9-11-21-10-6-16-15(14-21)7-13-23-16/h7,13H,3-6,8-12,14H2,1-2H3,(H2,18,19,20). The van der Waals surface area contributed by atoms with E-state index in [4.69, 9.17) is 4.74 Å². The number of nitrogens with one attached hydrogen (secondary N) is 2. The highest BCUT2D eigenvalue weighted by Crippen LogP contribution is 2.23. The zero-order valence-electron chi connectivity index (χ0n) is 14.4. The molecule has 2 N–H and O–H groups in total. The minimum atomic E-state index is 0.781. The van der Waals surface area contributed by atoms with Crippen LogP contribution in [0.1, 0.15) is 30.7 Å². The fourth-order valence-electron chi connectivity index (χ4n) is 2.67. The first-order valence-electron chi connectivity index (χ1n) is 8.71. The summed E-state index contributed by atoms with van der Waals surface area (Å²) >= 11 is 1.90. The number of guanidine groups is 1. The van der Waals surface area contributed by atoms with Gasteiger partial charge in [0.15, 0.2) is 5.96 Å². The Bertz CT molecular complexity index is 475. The molecule has 0 saturated heterocycles. The van der Waals surface area contributed by atoms with Crippen LogP contribution in [-0.2, 0) is 17.7 Å². The molecule has 1 aromatic rings. The first-order chi connectivity index (χ1) is 11.3. The van der Waals surface area contributed by atoms with E-state index in [0.717, 1.165) is 64.9 Å². The molecule has 0 saturated carbocycles. The normalized spacial score (nSPS) is 15.5. The molecule has 130 valence electrons. The third kappa shape index (κ3) is 6.49. The fraction of sp³-hybridized carbons (Fsp3) is 0.706. The Balaban J connectivity index is 1.66. The van der Waals surface area contributed by atoms with E-state index in [0.29, 0.717) is 0 Å². The van der Waals surface area contributed by atoms with Crippen molar-refractivity contribution in [1.29, 1.82) is 0 Å². The van der Waals surface area contributed by atoms with Crippen LogP contribution in [0.2, 0.25) is 0 Å². The fourth-order valence-corrected chi connectivity index (χ4v) is 3.56. The van der Waals surface area contributed by atoms with E-state index in [2.05, 4.69) is 38.9 Å². The maximum Gasteiger partial charge on any atom is 0.191 e. The van der Waals surface area contributed by atoms with Gasteiger partial charge in [0.2, 0.25) is 0 Å². The summed E-state index contributed by atoms with van der Waals surface area (Å²) in [7, 11) is 0. The predicted molar refractivity (Wildman–Crippen MR) is 98.4 cm³/mol. The van der Waals surface area contributed by atoms with Crippen LogP contribution in [0.3, 0.4) is 0 Å². The number of rotatable bonds is 9. The first kappa shape index (κ1) is 18.2. The van der Waals surface area contributed by atoms with Gasteiger partial charge in [-0.1, -0.05) is 0 Å². The van der Waals surface area contributed by atoms with E-state index < -0.39 is 0 Å². The van der Waals surface area contributed by atoms with E-state index in [-0.39, 0.29) is 0 Å². The van der Waals surface area contributed by atoms with Crippen LogP contribution in [0.15, 0.2) is 16.4 Å². The highest BCUT2D eigenvalue weighted by molar-refractivity contribution is 7.10. The summed E-state index contributed by atoms with van der Waals surface area (Å²) < 4.78 is 5.34. The third-order valence-corrected chi connectivity index (χ3v) is 4.90. The second-order valence-corrected chi connectivity index (χ2v) is 6.63. The minimum absolute atomic E-state index is 0.781. The van der Waals surface area contributed by atoms with Gasteiger partial charge in [-0.25, -0.2) is 0 Å². The predicted octanol–water partition coefficient (Wildman–Crippen LogP) is 2.09. The number of aliphatic imine (C=N–C) groups is 1. The molecule has 0 unspecified atom stereocenters. The van der Waals surface area contributed by atoms with Crippen molar-refractivity contribution in [2.45, 2.75) is 33.2 Å². The van der Waals surface area contributed by atoms with Gasteiger partial charge in [-0.15, -0.1) is 11.3 Å². The molecule has 0 fully saturated rings. The van der Waals surface area contributed by atoms with Crippen molar-refractivity contribution in [2.75, 3.05) is 45.9 Å². The summed E-state index contributed by atoms with van der Waals surface area (Å²) in [5.41, 5.74) is 1.51. The zero-order valence-corrected chi connectivity index (χ0v) is 15.3. The van der Waals surface area contributed by atoms with Crippen LogP contribution in [-0.4, -0.2) is 56.8 Å². The summed E-state index contributed by atoms with van der Waals surface area (Å²) in [6.07, 6.45) is 2.16. The number of ether oxygens (including phenoxy) is 1. The van der Waals surface area contributed by atoms with Gasteiger partial charge in [-0.05, 0) is 43.7 Å². The lowest BCUT2D eigenvalue weighted by Gasteiger charge is -2.27. The molecule has 1 aliphatic rings. The molecule has 23 heavy (non-hydrogen) atoms. The first-order valence-corrected chi connectivity index (χ1v) is 9.59. The molecule has 1 aromatic heterocycles. The van der Waals surface area contributed by atoms with Gasteiger partial charge >= 0.3 is 0 Å². The summed E-state index contributed by atoms with van der Waals surface area (Å²) in [4.78, 5) is 8.68. The summed E-state index contributed by atoms with van der Waals surface area (Å²) in [6, 6.07) is 2.27. The van der Waals surface area contributed by atoms with Gasteiger partial charge in [0.25, 0.3) is 0 Å². The molecule has 0 spiro atoms. The van der Waals surface area contributed by atoms with E-state index in [1.54, 1.807) is 4.88 Å². The molecule has 6 heteroatoms. The Morgan fingerprint density at radius 1 is 1.39 bits per heavy atom. The van der Waals surface area contributed by atoms with Crippen LogP contribution in [0.5, 0.6) is 0 Å². The highest BCUT2D eigenvalue weighted by atomic mass is 32.1. The van der Waals surface area contributed by atoms with Crippen LogP contribution in [0.25, 0.3) is 0 Å². The summed E-state index contributed by atoms with van der Waals surface area (Å²) in [5, 5.41) is 8.95. The zero-order chi connectivity index (χ0) is 16.3. The van der Waals surface area contributed by atoms with Crippen molar-refractivity contribution in [2.24, 2.45) is 4.99 Å². The van der Waals surface area contributed by atoms with Gasteiger partial charge in [-0.2, -0.15) is 0 Å². The van der Waals surface area contributed by atoms with Crippen molar-refractivity contribution in [3.63, 3.8) is 0 Å². The molecular weight excluding hydrogens is 308 g/mol. The van der Waals surface area contributed by atoms with Crippen molar-refractivity contribution < 1.29 is 4.74 Å². The van der Waals surface area contributed by atoms with Crippen molar-refractivity contribution in [3.05, 3.63) is 21.9 Å². The molecule has 0 bridgehead atoms. The molecule has 5 nitrogen and oxygen atoms in total. The Kier molecular flexibility index (Phi) is 8.42. The second kappa shape index (κ2) is 10.6.